The number of hydrogen-bond donors (Lipinski definition) is 0. The first-order valence-electron chi connectivity index (χ1n) is 10.1. The predicted molar refractivity (Wildman–Crippen MR) is 108 cm³/mol. The van der Waals surface area contributed by atoms with Crippen LogP contribution in [-0.4, -0.2) is 53.0 Å². The average Bonchev–Trinajstić information content (AvgIpc) is 2.58. The van der Waals surface area contributed by atoms with Crippen LogP contribution in [0.25, 0.3) is 4.13 Å². The number of hydrogen-bond acceptors (Lipinski definition) is 4. The Bertz CT molecular complexity index is 586. The third kappa shape index (κ3) is 15.1. The second-order valence-electron chi connectivity index (χ2n) is 7.06. The highest BCUT2D eigenvalue weighted by Crippen LogP contribution is 2.30. The number of sulfonamides is 1. The lowest BCUT2D eigenvalue weighted by Crippen LogP contribution is -2.50. The predicted octanol–water partition coefficient (Wildman–Crippen LogP) is 5.43. The fourth-order valence-corrected chi connectivity index (χ4v) is 4.08. The molecule has 0 aliphatic heterocycles. The van der Waals surface area contributed by atoms with Gasteiger partial charge in [0, 0.05) is 0 Å². The molecule has 178 valence electrons. The maximum Gasteiger partial charge on any atom is 0.480 e. The van der Waals surface area contributed by atoms with Crippen molar-refractivity contribution in [3.8, 4) is 0 Å². The molecule has 0 saturated heterocycles. The Kier molecular flexibility index (Phi) is 15.4. The molecule has 0 aliphatic carbocycles. The Morgan fingerprint density at radius 2 is 0.966 bits per heavy atom. The Hall–Kier alpha value is -0.460. The molecule has 0 aromatic carbocycles. The van der Waals surface area contributed by atoms with Crippen molar-refractivity contribution in [2.24, 2.45) is 0 Å². The van der Waals surface area contributed by atoms with E-state index in [1.54, 1.807) is 0 Å². The Labute approximate surface area is 174 Å². The van der Waals surface area contributed by atoms with E-state index in [1.807, 2.05) is 0 Å². The summed E-state index contributed by atoms with van der Waals surface area (Å²) >= 11 is 0. The van der Waals surface area contributed by atoms with Crippen molar-refractivity contribution in [2.45, 2.75) is 84.6 Å². The lowest BCUT2D eigenvalue weighted by molar-refractivity contribution is -0.929. The van der Waals surface area contributed by atoms with Crippen molar-refractivity contribution in [1.29, 1.82) is 0 Å². The number of quaternary nitrogens is 1. The molecule has 0 aromatic rings. The minimum atomic E-state index is -6.29. The van der Waals surface area contributed by atoms with Gasteiger partial charge in [0.05, 0.1) is 26.2 Å². The molecule has 0 heterocycles. The summed E-state index contributed by atoms with van der Waals surface area (Å²) < 4.78 is 85.8. The molecular weight excluding hydrogens is 436 g/mol. The molecule has 29 heavy (non-hydrogen) atoms. The van der Waals surface area contributed by atoms with Crippen LogP contribution in [0, 0.1) is 0 Å². The van der Waals surface area contributed by atoms with Crippen molar-refractivity contribution in [2.75, 3.05) is 26.2 Å². The first-order valence-corrected chi connectivity index (χ1v) is 12.8. The largest absolute Gasteiger partial charge is 0.480 e. The van der Waals surface area contributed by atoms with Gasteiger partial charge in [-0.15, -0.1) is 3.89 Å². The van der Waals surface area contributed by atoms with Crippen LogP contribution in [0.5, 0.6) is 0 Å². The van der Waals surface area contributed by atoms with E-state index < -0.39 is 25.9 Å². The van der Waals surface area contributed by atoms with E-state index in [2.05, 4.69) is 27.7 Å². The van der Waals surface area contributed by atoms with Gasteiger partial charge in [0.1, 0.15) is 0 Å². The Morgan fingerprint density at radius 3 is 1.10 bits per heavy atom. The lowest BCUT2D eigenvalue weighted by Gasteiger charge is -2.39. The Balaban J connectivity index is 0. The van der Waals surface area contributed by atoms with Gasteiger partial charge in [-0.3, -0.25) is 0 Å². The summed E-state index contributed by atoms with van der Waals surface area (Å²) in [5, 5.41) is 0. The van der Waals surface area contributed by atoms with Crippen LogP contribution in [0.4, 0.5) is 17.1 Å². The molecule has 12 heteroatoms. The van der Waals surface area contributed by atoms with E-state index in [9.17, 15) is 33.9 Å². The highest BCUT2D eigenvalue weighted by molar-refractivity contribution is 8.10. The highest BCUT2D eigenvalue weighted by Gasteiger charge is 2.40. The molecule has 0 amide bonds. The maximum atomic E-state index is 11.3. The van der Waals surface area contributed by atoms with E-state index in [0.717, 1.165) is 4.13 Å². The molecule has 0 spiro atoms. The van der Waals surface area contributed by atoms with Gasteiger partial charge >= 0.3 is 5.51 Å². The summed E-state index contributed by atoms with van der Waals surface area (Å²) in [5.74, 6) is 0. The standard InChI is InChI=1S/C16H36N.CF4NO4S2/c1-5-9-13-17(14-10-6-2,15-11-7-3)16-12-8-4;2-1(3,4)11(7,8)6-12(5,9)10/h5-16H2,1-4H3;/q+1;-1. The smallest absolute Gasteiger partial charge is 0.400 e. The monoisotopic (exact) mass is 472 g/mol. The molecule has 0 N–H and O–H groups in total. The van der Waals surface area contributed by atoms with Crippen molar-refractivity contribution >= 4 is 20.4 Å². The quantitative estimate of drug-likeness (QED) is 0.192. The zero-order chi connectivity index (χ0) is 23.2. The summed E-state index contributed by atoms with van der Waals surface area (Å²) in [6.45, 7) is 15.0. The first kappa shape index (κ1) is 30.7. The zero-order valence-electron chi connectivity index (χ0n) is 17.8. The molecule has 0 fully saturated rings. The van der Waals surface area contributed by atoms with Crippen LogP contribution in [0.3, 0.4) is 0 Å². The van der Waals surface area contributed by atoms with Gasteiger partial charge in [0.25, 0.3) is 0 Å². The van der Waals surface area contributed by atoms with Crippen LogP contribution >= 0.6 is 0 Å². The van der Waals surface area contributed by atoms with Crippen LogP contribution in [0.15, 0.2) is 0 Å². The van der Waals surface area contributed by atoms with Crippen LogP contribution in [-0.2, 0) is 20.4 Å². The molecule has 6 nitrogen and oxygen atoms in total. The number of rotatable bonds is 14. The van der Waals surface area contributed by atoms with Gasteiger partial charge in [0.2, 0.25) is 10.4 Å². The zero-order valence-corrected chi connectivity index (χ0v) is 19.5. The van der Waals surface area contributed by atoms with Gasteiger partial charge in [-0.25, -0.2) is 16.8 Å². The van der Waals surface area contributed by atoms with E-state index >= 15 is 0 Å². The fourth-order valence-electron chi connectivity index (χ4n) is 2.80. The summed E-state index contributed by atoms with van der Waals surface area (Å²) in [4.78, 5) is 0. The van der Waals surface area contributed by atoms with E-state index in [4.69, 9.17) is 0 Å². The fraction of sp³-hybridized carbons (Fsp3) is 1.00. The maximum absolute atomic E-state index is 11.3. The minimum absolute atomic E-state index is 0.965. The minimum Gasteiger partial charge on any atom is -0.400 e. The molecule has 0 atom stereocenters. The van der Waals surface area contributed by atoms with Gasteiger partial charge in [-0.2, -0.15) is 13.2 Å². The molecule has 0 radical (unpaired) electrons. The van der Waals surface area contributed by atoms with Gasteiger partial charge in [-0.1, -0.05) is 53.4 Å². The van der Waals surface area contributed by atoms with Crippen molar-refractivity contribution < 1.29 is 38.4 Å². The van der Waals surface area contributed by atoms with Crippen LogP contribution < -0.4 is 0 Å². The van der Waals surface area contributed by atoms with E-state index in [-0.39, 0.29) is 0 Å². The number of unbranched alkanes of at least 4 members (excludes halogenated alkanes) is 4. The topological polar surface area (TPSA) is 82.4 Å². The van der Waals surface area contributed by atoms with Gasteiger partial charge < -0.3 is 8.61 Å². The van der Waals surface area contributed by atoms with Crippen molar-refractivity contribution in [1.82, 2.24) is 0 Å². The molecule has 0 aromatic heterocycles. The van der Waals surface area contributed by atoms with Crippen molar-refractivity contribution in [3.05, 3.63) is 4.13 Å². The summed E-state index contributed by atoms with van der Waals surface area (Å²) in [7, 11) is -12.3. The number of alkyl halides is 3. The summed E-state index contributed by atoms with van der Waals surface area (Å²) in [6, 6.07) is 0. The van der Waals surface area contributed by atoms with Crippen LogP contribution in [0.2, 0.25) is 0 Å². The molecule has 0 aliphatic rings. The average molecular weight is 473 g/mol. The normalized spacial score (nSPS) is 13.1. The van der Waals surface area contributed by atoms with E-state index in [1.165, 1.54) is 82.0 Å². The third-order valence-corrected chi connectivity index (χ3v) is 6.51. The number of nitrogens with zero attached hydrogens (tertiary/aromatic N) is 2. The second kappa shape index (κ2) is 14.5. The Morgan fingerprint density at radius 1 is 0.690 bits per heavy atom. The van der Waals surface area contributed by atoms with Crippen LogP contribution in [0.1, 0.15) is 79.1 Å². The lowest BCUT2D eigenvalue weighted by atomic mass is 10.1. The van der Waals surface area contributed by atoms with Gasteiger partial charge in [0.15, 0.2) is 10.0 Å². The first-order chi connectivity index (χ1) is 13.2. The van der Waals surface area contributed by atoms with Gasteiger partial charge in [-0.05, 0) is 25.7 Å². The van der Waals surface area contributed by atoms with Crippen molar-refractivity contribution in [3.63, 3.8) is 0 Å². The second-order valence-corrected chi connectivity index (χ2v) is 9.89. The highest BCUT2D eigenvalue weighted by atomic mass is 32.3. The molecule has 0 bridgehead atoms. The molecule has 0 saturated carbocycles. The SMILES string of the molecule is CCCC[N+](CCCC)(CCCC)CCCC.O=S(=O)(F)[N-]S(=O)(=O)C(F)(F)F. The molecular formula is C17H36F4N2O4S2. The summed E-state index contributed by atoms with van der Waals surface area (Å²) in [6.07, 6.45) is 11.1. The molecule has 0 rings (SSSR count). The third-order valence-electron chi connectivity index (χ3n) is 4.42. The summed E-state index contributed by atoms with van der Waals surface area (Å²) in [5.41, 5.74) is -5.91. The molecule has 0 unspecified atom stereocenters. The van der Waals surface area contributed by atoms with E-state index in [0.29, 0.717) is 0 Å². The number of halogens is 4.